The highest BCUT2D eigenvalue weighted by Gasteiger charge is 2.11. The maximum atomic E-state index is 8.60. The van der Waals surface area contributed by atoms with Crippen LogP contribution in [0.3, 0.4) is 0 Å². The third-order valence-electron chi connectivity index (χ3n) is 7.76. The quantitative estimate of drug-likeness (QED) is 0.0699. The van der Waals surface area contributed by atoms with Crippen molar-refractivity contribution in [2.24, 2.45) is 0 Å². The molecular formula is C41H74O13. The summed E-state index contributed by atoms with van der Waals surface area (Å²) in [7, 11) is 0. The Morgan fingerprint density at radius 2 is 0.907 bits per heavy atom. The van der Waals surface area contributed by atoms with Crippen LogP contribution < -0.4 is 4.74 Å². The number of unbranched alkanes of at least 4 members (excludes halogenated alkanes) is 6. The van der Waals surface area contributed by atoms with Gasteiger partial charge in [-0.05, 0) is 30.5 Å². The van der Waals surface area contributed by atoms with Crippen LogP contribution in [0.2, 0.25) is 0 Å². The largest absolute Gasteiger partial charge is 0.491 e. The minimum atomic E-state index is -0.213. The lowest BCUT2D eigenvalue weighted by molar-refractivity contribution is -0.0571. The van der Waals surface area contributed by atoms with Crippen molar-refractivity contribution in [1.82, 2.24) is 0 Å². The predicted molar refractivity (Wildman–Crippen MR) is 209 cm³/mol. The first-order valence-corrected chi connectivity index (χ1v) is 20.1. The van der Waals surface area contributed by atoms with Gasteiger partial charge < -0.3 is 61.9 Å². The molecule has 13 heteroatoms. The van der Waals surface area contributed by atoms with Gasteiger partial charge in [-0.3, -0.25) is 0 Å². The van der Waals surface area contributed by atoms with Crippen LogP contribution in [0.4, 0.5) is 0 Å². The first kappa shape index (κ1) is 50.3. The zero-order valence-corrected chi connectivity index (χ0v) is 33.4. The van der Waals surface area contributed by atoms with Gasteiger partial charge in [-0.25, -0.2) is 0 Å². The average Bonchev–Trinajstić information content (AvgIpc) is 3.19. The summed E-state index contributed by atoms with van der Waals surface area (Å²) < 4.78 is 66.7. The van der Waals surface area contributed by atoms with Crippen molar-refractivity contribution in [2.45, 2.75) is 64.4 Å². The van der Waals surface area contributed by atoms with Gasteiger partial charge in [0.25, 0.3) is 0 Å². The van der Waals surface area contributed by atoms with Crippen LogP contribution in [0.1, 0.15) is 57.4 Å². The molecule has 0 spiro atoms. The van der Waals surface area contributed by atoms with Crippen LogP contribution in [-0.2, 0) is 58.5 Å². The van der Waals surface area contributed by atoms with Gasteiger partial charge in [-0.1, -0.05) is 63.7 Å². The molecule has 54 heavy (non-hydrogen) atoms. The number of aliphatic hydroxyl groups is 1. The highest BCUT2D eigenvalue weighted by molar-refractivity contribution is 5.27. The topological polar surface area (TPSA) is 131 Å². The van der Waals surface area contributed by atoms with Gasteiger partial charge >= 0.3 is 0 Å². The molecule has 0 saturated carbocycles. The molecule has 0 amide bonds. The van der Waals surface area contributed by atoms with Crippen molar-refractivity contribution < 1.29 is 61.9 Å². The lowest BCUT2D eigenvalue weighted by Crippen LogP contribution is -2.29. The van der Waals surface area contributed by atoms with Gasteiger partial charge in [-0.2, -0.15) is 0 Å². The fraction of sp³-hybridized carbons (Fsp3) is 0.805. The van der Waals surface area contributed by atoms with Gasteiger partial charge in [0.15, 0.2) is 0 Å². The fourth-order valence-electron chi connectivity index (χ4n) is 4.85. The van der Waals surface area contributed by atoms with Crippen molar-refractivity contribution in [3.63, 3.8) is 0 Å². The monoisotopic (exact) mass is 775 g/mol. The summed E-state index contributed by atoms with van der Waals surface area (Å²) in [5, 5.41) is 8.60. The molecule has 1 aromatic carbocycles. The van der Waals surface area contributed by atoms with E-state index in [0.717, 1.165) is 12.2 Å². The predicted octanol–water partition coefficient (Wildman–Crippen LogP) is 5.09. The molecule has 1 rings (SSSR count). The summed E-state index contributed by atoms with van der Waals surface area (Å²) in [6.45, 7) is 16.4. The SMILES string of the molecule is C=CCOCC(COc1ccc(CCCCCCCCC)cc1)OCCOCCOCCOCCOCCOCCOCCOCCOCCOCCO. The zero-order valence-electron chi connectivity index (χ0n) is 33.4. The molecule has 0 aliphatic heterocycles. The van der Waals surface area contributed by atoms with Crippen molar-refractivity contribution >= 4 is 0 Å². The smallest absolute Gasteiger partial charge is 0.119 e. The van der Waals surface area contributed by atoms with Crippen molar-refractivity contribution in [2.75, 3.05) is 152 Å². The van der Waals surface area contributed by atoms with Gasteiger partial charge in [0.05, 0.1) is 145 Å². The Bertz CT molecular complexity index is 877. The average molecular weight is 775 g/mol. The second-order valence-electron chi connectivity index (χ2n) is 12.4. The number of hydrogen-bond donors (Lipinski definition) is 1. The Morgan fingerprint density at radius 3 is 1.33 bits per heavy atom. The molecule has 1 N–H and O–H groups in total. The number of rotatable bonds is 45. The number of aryl methyl sites for hydroxylation is 1. The van der Waals surface area contributed by atoms with E-state index in [1.54, 1.807) is 6.08 Å². The van der Waals surface area contributed by atoms with Crippen molar-refractivity contribution in [3.05, 3.63) is 42.5 Å². The molecule has 316 valence electrons. The number of ether oxygens (including phenoxy) is 12. The number of aliphatic hydroxyl groups excluding tert-OH is 1. The first-order valence-electron chi connectivity index (χ1n) is 20.1. The molecule has 0 bridgehead atoms. The Kier molecular flexibility index (Phi) is 39.5. The molecular weight excluding hydrogens is 700 g/mol. The van der Waals surface area contributed by atoms with Gasteiger partial charge in [0.1, 0.15) is 18.5 Å². The summed E-state index contributed by atoms with van der Waals surface area (Å²) in [4.78, 5) is 0. The summed E-state index contributed by atoms with van der Waals surface area (Å²) in [6, 6.07) is 8.40. The molecule has 0 aliphatic rings. The molecule has 0 heterocycles. The van der Waals surface area contributed by atoms with Crippen LogP contribution in [0.5, 0.6) is 5.75 Å². The van der Waals surface area contributed by atoms with Crippen LogP contribution in [-0.4, -0.2) is 163 Å². The van der Waals surface area contributed by atoms with Gasteiger partial charge in [0.2, 0.25) is 0 Å². The second kappa shape index (κ2) is 42.4. The van der Waals surface area contributed by atoms with E-state index in [1.165, 1.54) is 50.5 Å². The standard InChI is InChI=1S/C41H74O13/c1-3-5-6-7-8-9-10-11-39-12-14-40(15-13-39)54-38-41(37-52-17-4-2)53-36-35-51-34-33-50-32-31-49-30-29-48-28-27-47-26-25-46-24-23-45-22-21-44-20-19-43-18-16-42/h4,12-15,41-42H,2-3,5-11,16-38H2,1H3. The van der Waals surface area contributed by atoms with Gasteiger partial charge in [-0.15, -0.1) is 6.58 Å². The molecule has 0 aromatic heterocycles. The van der Waals surface area contributed by atoms with Crippen molar-refractivity contribution in [3.8, 4) is 5.75 Å². The highest BCUT2D eigenvalue weighted by atomic mass is 16.6. The normalized spacial score (nSPS) is 12.0. The lowest BCUT2D eigenvalue weighted by atomic mass is 10.0. The maximum absolute atomic E-state index is 8.60. The molecule has 0 radical (unpaired) electrons. The van der Waals surface area contributed by atoms with E-state index in [4.69, 9.17) is 61.9 Å². The molecule has 0 fully saturated rings. The Balaban J connectivity index is 1.89. The highest BCUT2D eigenvalue weighted by Crippen LogP contribution is 2.16. The summed E-state index contributed by atoms with van der Waals surface area (Å²) in [5.41, 5.74) is 1.35. The second-order valence-corrected chi connectivity index (χ2v) is 12.4. The van der Waals surface area contributed by atoms with Crippen molar-refractivity contribution in [1.29, 1.82) is 0 Å². The third-order valence-corrected chi connectivity index (χ3v) is 7.76. The van der Waals surface area contributed by atoms with E-state index in [0.29, 0.717) is 145 Å². The number of benzene rings is 1. The molecule has 0 aliphatic carbocycles. The summed E-state index contributed by atoms with van der Waals surface area (Å²) in [6.07, 6.45) is 11.9. The summed E-state index contributed by atoms with van der Waals surface area (Å²) in [5.74, 6) is 0.834. The van der Waals surface area contributed by atoms with Gasteiger partial charge in [0, 0.05) is 0 Å². The Morgan fingerprint density at radius 1 is 0.500 bits per heavy atom. The first-order chi connectivity index (χ1) is 26.8. The van der Waals surface area contributed by atoms with Crippen LogP contribution in [0, 0.1) is 0 Å². The van der Waals surface area contributed by atoms with Crippen LogP contribution >= 0.6 is 0 Å². The lowest BCUT2D eigenvalue weighted by Gasteiger charge is -2.19. The van der Waals surface area contributed by atoms with E-state index >= 15 is 0 Å². The van der Waals surface area contributed by atoms with Crippen LogP contribution in [0.15, 0.2) is 36.9 Å². The molecule has 13 nitrogen and oxygen atoms in total. The van der Waals surface area contributed by atoms with E-state index in [9.17, 15) is 0 Å². The summed E-state index contributed by atoms with van der Waals surface area (Å²) >= 11 is 0. The molecule has 1 atom stereocenters. The van der Waals surface area contributed by atoms with E-state index in [-0.39, 0.29) is 12.7 Å². The molecule has 1 unspecified atom stereocenters. The Labute approximate surface area is 326 Å². The van der Waals surface area contributed by atoms with E-state index in [2.05, 4.69) is 25.6 Å². The molecule has 1 aromatic rings. The maximum Gasteiger partial charge on any atom is 0.119 e. The van der Waals surface area contributed by atoms with E-state index in [1.807, 2.05) is 12.1 Å². The number of hydrogen-bond acceptors (Lipinski definition) is 13. The zero-order chi connectivity index (χ0) is 38.7. The Hall–Kier alpha value is -1.72. The fourth-order valence-corrected chi connectivity index (χ4v) is 4.85. The van der Waals surface area contributed by atoms with E-state index < -0.39 is 0 Å². The molecule has 0 saturated heterocycles. The van der Waals surface area contributed by atoms with Crippen LogP contribution in [0.25, 0.3) is 0 Å². The minimum Gasteiger partial charge on any atom is -0.491 e. The third kappa shape index (κ3) is 35.9. The minimum absolute atomic E-state index is 0.0235.